The Morgan fingerprint density at radius 3 is 3.09 bits per heavy atom. The second-order valence-corrected chi connectivity index (χ2v) is 2.82. The number of nitroso groups, excluding NO2 is 1. The summed E-state index contributed by atoms with van der Waals surface area (Å²) < 4.78 is 0. The van der Waals surface area contributed by atoms with E-state index in [1.54, 1.807) is 0 Å². The van der Waals surface area contributed by atoms with Crippen LogP contribution in [0.15, 0.2) is 29.0 Å². The van der Waals surface area contributed by atoms with E-state index in [4.69, 9.17) is 7.85 Å². The van der Waals surface area contributed by atoms with Crippen LogP contribution < -0.4 is 0 Å². The molecule has 0 saturated heterocycles. The molecule has 0 aromatic rings. The van der Waals surface area contributed by atoms with Crippen molar-refractivity contribution in [3.05, 3.63) is 28.7 Å². The van der Waals surface area contributed by atoms with E-state index in [2.05, 4.69) is 5.18 Å². The Balaban J connectivity index is 2.74. The lowest BCUT2D eigenvalue weighted by Gasteiger charge is -2.09. The van der Waals surface area contributed by atoms with Gasteiger partial charge in [-0.15, -0.1) is 0 Å². The predicted octanol–water partition coefficient (Wildman–Crippen LogP) is 1.98. The maximum absolute atomic E-state index is 10.3. The third-order valence-electron chi connectivity index (χ3n) is 1.87. The fourth-order valence-corrected chi connectivity index (χ4v) is 1.11. The smallest absolute Gasteiger partial charge is 0.113 e. The molecule has 3 heteroatoms. The highest BCUT2D eigenvalue weighted by Gasteiger charge is 2.14. The zero-order chi connectivity index (χ0) is 8.27. The summed E-state index contributed by atoms with van der Waals surface area (Å²) in [6.45, 7) is 1.90. The van der Waals surface area contributed by atoms with Crippen LogP contribution >= 0.6 is 0 Å². The maximum Gasteiger partial charge on any atom is 0.113 e. The van der Waals surface area contributed by atoms with Gasteiger partial charge in [-0.3, -0.25) is 0 Å². The Hall–Kier alpha value is -0.855. The number of rotatable bonds is 1. The van der Waals surface area contributed by atoms with E-state index >= 15 is 0 Å². The normalized spacial score (nSPS) is 30.8. The Kier molecular flexibility index (Phi) is 2.63. The van der Waals surface area contributed by atoms with E-state index in [1.165, 1.54) is 0 Å². The minimum absolute atomic E-state index is 0.0357. The van der Waals surface area contributed by atoms with Crippen LogP contribution in [0.2, 0.25) is 5.82 Å². The van der Waals surface area contributed by atoms with Gasteiger partial charge in [-0.25, -0.2) is 0 Å². The average Bonchev–Trinajstić information content (AvgIpc) is 2.13. The fraction of sp³-hybridized carbons (Fsp3) is 0.500. The molecule has 2 atom stereocenters. The molecule has 2 radical (unpaired) electrons. The minimum atomic E-state index is -0.236. The molecule has 1 aliphatic carbocycles. The van der Waals surface area contributed by atoms with Crippen molar-refractivity contribution in [1.82, 2.24) is 0 Å². The molecule has 0 spiro atoms. The molecular weight excluding hydrogens is 137 g/mol. The first-order valence-electron chi connectivity index (χ1n) is 3.67. The summed E-state index contributed by atoms with van der Waals surface area (Å²) >= 11 is 0. The summed E-state index contributed by atoms with van der Waals surface area (Å²) in [6, 6.07) is -0.236. The first-order chi connectivity index (χ1) is 5.24. The molecule has 11 heavy (non-hydrogen) atoms. The van der Waals surface area contributed by atoms with Crippen molar-refractivity contribution in [2.24, 2.45) is 5.18 Å². The zero-order valence-corrected chi connectivity index (χ0v) is 6.53. The van der Waals surface area contributed by atoms with Crippen LogP contribution in [0, 0.1) is 4.91 Å². The van der Waals surface area contributed by atoms with Gasteiger partial charge in [0.25, 0.3) is 0 Å². The zero-order valence-electron chi connectivity index (χ0n) is 6.53. The van der Waals surface area contributed by atoms with Crippen molar-refractivity contribution in [1.29, 1.82) is 0 Å². The van der Waals surface area contributed by atoms with E-state index in [1.807, 2.05) is 25.2 Å². The fourth-order valence-electron chi connectivity index (χ4n) is 1.11. The highest BCUT2D eigenvalue weighted by Crippen LogP contribution is 2.22. The Bertz CT molecular complexity index is 210. The molecular formula is C8H10BNO. The van der Waals surface area contributed by atoms with Gasteiger partial charge in [0.2, 0.25) is 0 Å². The average molecular weight is 147 g/mol. The Labute approximate surface area is 67.8 Å². The third kappa shape index (κ3) is 2.04. The SMILES string of the molecule is [B]C1C=CC=C(C)C(N=O)C1. The first kappa shape index (κ1) is 8.24. The van der Waals surface area contributed by atoms with Crippen molar-refractivity contribution >= 4 is 7.85 Å². The monoisotopic (exact) mass is 147 g/mol. The Morgan fingerprint density at radius 1 is 1.73 bits per heavy atom. The molecule has 0 amide bonds. The van der Waals surface area contributed by atoms with Crippen molar-refractivity contribution < 1.29 is 0 Å². The number of allylic oxidation sites excluding steroid dienone is 3. The lowest BCUT2D eigenvalue weighted by atomic mass is 9.82. The summed E-state index contributed by atoms with van der Waals surface area (Å²) in [7, 11) is 5.64. The van der Waals surface area contributed by atoms with Gasteiger partial charge in [0.15, 0.2) is 0 Å². The second kappa shape index (κ2) is 3.51. The topological polar surface area (TPSA) is 29.4 Å². The van der Waals surface area contributed by atoms with E-state index < -0.39 is 0 Å². The molecule has 0 N–H and O–H groups in total. The largest absolute Gasteiger partial charge is 0.150 e. The molecule has 0 aliphatic heterocycles. The van der Waals surface area contributed by atoms with Gasteiger partial charge in [-0.05, 0) is 18.9 Å². The van der Waals surface area contributed by atoms with E-state index in [9.17, 15) is 4.91 Å². The van der Waals surface area contributed by atoms with Gasteiger partial charge < -0.3 is 0 Å². The number of nitrogens with zero attached hydrogens (tertiary/aromatic N) is 1. The summed E-state index contributed by atoms with van der Waals surface area (Å²) in [5, 5.41) is 3.00. The lowest BCUT2D eigenvalue weighted by molar-refractivity contribution is 0.701. The minimum Gasteiger partial charge on any atom is -0.150 e. The van der Waals surface area contributed by atoms with Gasteiger partial charge in [0.05, 0.1) is 7.85 Å². The van der Waals surface area contributed by atoms with Gasteiger partial charge >= 0.3 is 0 Å². The van der Waals surface area contributed by atoms with Gasteiger partial charge in [-0.2, -0.15) is 4.91 Å². The summed E-state index contributed by atoms with van der Waals surface area (Å²) in [6.07, 6.45) is 6.28. The molecule has 0 heterocycles. The summed E-state index contributed by atoms with van der Waals surface area (Å²) in [5.74, 6) is -0.0357. The highest BCUT2D eigenvalue weighted by atomic mass is 16.3. The molecule has 0 aromatic heterocycles. The van der Waals surface area contributed by atoms with Crippen molar-refractivity contribution in [3.63, 3.8) is 0 Å². The van der Waals surface area contributed by atoms with Crippen LogP contribution in [0.25, 0.3) is 0 Å². The van der Waals surface area contributed by atoms with Crippen molar-refractivity contribution in [2.75, 3.05) is 0 Å². The molecule has 56 valence electrons. The molecule has 0 aromatic carbocycles. The van der Waals surface area contributed by atoms with Gasteiger partial charge in [0, 0.05) is 0 Å². The first-order valence-corrected chi connectivity index (χ1v) is 3.67. The molecule has 1 aliphatic rings. The van der Waals surface area contributed by atoms with Crippen LogP contribution in [0.5, 0.6) is 0 Å². The van der Waals surface area contributed by atoms with E-state index in [-0.39, 0.29) is 11.9 Å². The molecule has 2 nitrogen and oxygen atoms in total. The lowest BCUT2D eigenvalue weighted by Crippen LogP contribution is -2.06. The van der Waals surface area contributed by atoms with E-state index in [0.29, 0.717) is 6.42 Å². The number of hydrogen-bond donors (Lipinski definition) is 0. The Morgan fingerprint density at radius 2 is 2.45 bits per heavy atom. The van der Waals surface area contributed by atoms with Crippen LogP contribution in [0.4, 0.5) is 0 Å². The van der Waals surface area contributed by atoms with E-state index in [0.717, 1.165) is 5.57 Å². The standard InChI is InChI=1S/C8H10BNO/c1-6-3-2-4-7(9)5-8(6)10-11/h2-4,7-8H,5H2,1H3. The van der Waals surface area contributed by atoms with Crippen LogP contribution in [-0.4, -0.2) is 13.9 Å². The summed E-state index contributed by atoms with van der Waals surface area (Å²) in [4.78, 5) is 10.3. The number of hydrogen-bond acceptors (Lipinski definition) is 2. The van der Waals surface area contributed by atoms with Crippen molar-refractivity contribution in [2.45, 2.75) is 25.2 Å². The van der Waals surface area contributed by atoms with Crippen LogP contribution in [0.1, 0.15) is 13.3 Å². The molecule has 2 unspecified atom stereocenters. The van der Waals surface area contributed by atoms with Gasteiger partial charge in [-0.1, -0.05) is 29.2 Å². The maximum atomic E-state index is 10.3. The van der Waals surface area contributed by atoms with Crippen LogP contribution in [0.3, 0.4) is 0 Å². The van der Waals surface area contributed by atoms with Gasteiger partial charge in [0.1, 0.15) is 6.04 Å². The predicted molar refractivity (Wildman–Crippen MR) is 46.6 cm³/mol. The molecule has 1 rings (SSSR count). The van der Waals surface area contributed by atoms with Crippen molar-refractivity contribution in [3.8, 4) is 0 Å². The molecule has 0 fully saturated rings. The highest BCUT2D eigenvalue weighted by molar-refractivity contribution is 6.13. The quantitative estimate of drug-likeness (QED) is 0.411. The van der Waals surface area contributed by atoms with Crippen LogP contribution in [-0.2, 0) is 0 Å². The summed E-state index contributed by atoms with van der Waals surface area (Å²) in [5.41, 5.74) is 0.990. The molecule has 0 bridgehead atoms. The second-order valence-electron chi connectivity index (χ2n) is 2.82. The molecule has 0 saturated carbocycles. The third-order valence-corrected chi connectivity index (χ3v) is 1.87.